The lowest BCUT2D eigenvalue weighted by atomic mass is 10.2. The lowest BCUT2D eigenvalue weighted by Gasteiger charge is -2.12. The van der Waals surface area contributed by atoms with Gasteiger partial charge in [0.15, 0.2) is 18.1 Å². The third kappa shape index (κ3) is 5.27. The third-order valence-electron chi connectivity index (χ3n) is 3.56. The summed E-state index contributed by atoms with van der Waals surface area (Å²) in [7, 11) is 6.11. The predicted molar refractivity (Wildman–Crippen MR) is 100 cm³/mol. The van der Waals surface area contributed by atoms with Crippen LogP contribution in [0.25, 0.3) is 0 Å². The van der Waals surface area contributed by atoms with Gasteiger partial charge < -0.3 is 23.7 Å². The molecule has 2 rings (SSSR count). The van der Waals surface area contributed by atoms with E-state index in [0.29, 0.717) is 34.3 Å². The molecule has 0 saturated carbocycles. The second-order valence-corrected chi connectivity index (χ2v) is 5.18. The van der Waals surface area contributed by atoms with Crippen molar-refractivity contribution in [1.29, 1.82) is 0 Å². The lowest BCUT2D eigenvalue weighted by molar-refractivity contribution is -0.123. The molecule has 0 aliphatic rings. The van der Waals surface area contributed by atoms with E-state index in [1.807, 2.05) is 6.07 Å². The van der Waals surface area contributed by atoms with Gasteiger partial charge >= 0.3 is 0 Å². The van der Waals surface area contributed by atoms with Crippen LogP contribution in [-0.2, 0) is 4.79 Å². The minimum absolute atomic E-state index is 0.214. The van der Waals surface area contributed by atoms with E-state index in [1.165, 1.54) is 27.5 Å². The summed E-state index contributed by atoms with van der Waals surface area (Å²) in [5, 5.41) is 3.93. The summed E-state index contributed by atoms with van der Waals surface area (Å²) in [6.45, 7) is -0.214. The fourth-order valence-corrected chi connectivity index (χ4v) is 2.24. The number of carbonyl (C=O) groups is 1. The second-order valence-electron chi connectivity index (χ2n) is 5.18. The van der Waals surface area contributed by atoms with Gasteiger partial charge in [0.1, 0.15) is 17.2 Å². The van der Waals surface area contributed by atoms with Gasteiger partial charge in [-0.3, -0.25) is 4.79 Å². The van der Waals surface area contributed by atoms with E-state index in [1.54, 1.807) is 37.4 Å². The highest BCUT2D eigenvalue weighted by Crippen LogP contribution is 2.32. The van der Waals surface area contributed by atoms with Crippen LogP contribution in [0.2, 0.25) is 0 Å². The van der Waals surface area contributed by atoms with E-state index in [9.17, 15) is 4.79 Å². The summed E-state index contributed by atoms with van der Waals surface area (Å²) < 4.78 is 26.4. The molecule has 8 heteroatoms. The van der Waals surface area contributed by atoms with Crippen LogP contribution in [0.4, 0.5) is 0 Å². The number of hydrogen-bond acceptors (Lipinski definition) is 7. The van der Waals surface area contributed by atoms with E-state index in [0.717, 1.165) is 0 Å². The Bertz CT molecular complexity index is 782. The summed E-state index contributed by atoms with van der Waals surface area (Å²) in [6.07, 6.45) is 1.43. The third-order valence-corrected chi connectivity index (χ3v) is 3.56. The van der Waals surface area contributed by atoms with Crippen LogP contribution in [0.15, 0.2) is 41.5 Å². The van der Waals surface area contributed by atoms with E-state index in [4.69, 9.17) is 23.7 Å². The Hall–Kier alpha value is -3.42. The Morgan fingerprint density at radius 1 is 0.926 bits per heavy atom. The highest BCUT2D eigenvalue weighted by molar-refractivity contribution is 5.89. The minimum atomic E-state index is -0.427. The number of nitrogens with zero attached hydrogens (tertiary/aromatic N) is 1. The molecule has 0 aromatic heterocycles. The van der Waals surface area contributed by atoms with Crippen LogP contribution < -0.4 is 29.1 Å². The van der Waals surface area contributed by atoms with Gasteiger partial charge in [-0.05, 0) is 12.1 Å². The van der Waals surface area contributed by atoms with Gasteiger partial charge in [-0.2, -0.15) is 5.10 Å². The molecule has 2 aromatic carbocycles. The smallest absolute Gasteiger partial charge is 0.277 e. The van der Waals surface area contributed by atoms with Crippen molar-refractivity contribution in [3.05, 3.63) is 42.0 Å². The summed E-state index contributed by atoms with van der Waals surface area (Å²) in [6, 6.07) is 10.4. The summed E-state index contributed by atoms with van der Waals surface area (Å²) in [5.41, 5.74) is 2.95. The summed E-state index contributed by atoms with van der Waals surface area (Å²) in [4.78, 5) is 11.9. The van der Waals surface area contributed by atoms with Gasteiger partial charge in [0.05, 0.1) is 40.2 Å². The Kier molecular flexibility index (Phi) is 7.30. The maximum Gasteiger partial charge on any atom is 0.277 e. The lowest BCUT2D eigenvalue weighted by Crippen LogP contribution is -2.24. The second kappa shape index (κ2) is 9.91. The SMILES string of the molecule is COc1cc(OC)c(/C=N/NC(=O)COc2ccccc2OC)c(OC)c1. The van der Waals surface area contributed by atoms with Crippen LogP contribution in [0.5, 0.6) is 28.7 Å². The van der Waals surface area contributed by atoms with E-state index in [2.05, 4.69) is 10.5 Å². The van der Waals surface area contributed by atoms with Gasteiger partial charge in [0, 0.05) is 12.1 Å². The Morgan fingerprint density at radius 2 is 1.52 bits per heavy atom. The topological polar surface area (TPSA) is 87.6 Å². The van der Waals surface area contributed by atoms with Crippen molar-refractivity contribution in [2.75, 3.05) is 35.0 Å². The molecule has 2 aromatic rings. The van der Waals surface area contributed by atoms with E-state index >= 15 is 0 Å². The fourth-order valence-electron chi connectivity index (χ4n) is 2.24. The Balaban J connectivity index is 2.01. The molecule has 1 amide bonds. The van der Waals surface area contributed by atoms with Crippen molar-refractivity contribution in [1.82, 2.24) is 5.43 Å². The number of para-hydroxylation sites is 2. The van der Waals surface area contributed by atoms with Gasteiger partial charge in [0.2, 0.25) is 0 Å². The van der Waals surface area contributed by atoms with Crippen LogP contribution in [-0.4, -0.2) is 47.2 Å². The maximum atomic E-state index is 11.9. The molecule has 0 fully saturated rings. The first-order valence-corrected chi connectivity index (χ1v) is 8.00. The number of rotatable bonds is 9. The summed E-state index contributed by atoms with van der Waals surface area (Å²) >= 11 is 0. The van der Waals surface area contributed by atoms with Crippen molar-refractivity contribution >= 4 is 12.1 Å². The van der Waals surface area contributed by atoms with Gasteiger partial charge in [-0.1, -0.05) is 12.1 Å². The number of amides is 1. The van der Waals surface area contributed by atoms with Crippen LogP contribution in [0.3, 0.4) is 0 Å². The van der Waals surface area contributed by atoms with Crippen LogP contribution in [0, 0.1) is 0 Å². The van der Waals surface area contributed by atoms with Gasteiger partial charge in [-0.15, -0.1) is 0 Å². The average molecular weight is 374 g/mol. The molecule has 0 saturated heterocycles. The normalized spacial score (nSPS) is 10.4. The molecule has 8 nitrogen and oxygen atoms in total. The first-order valence-electron chi connectivity index (χ1n) is 8.00. The number of methoxy groups -OCH3 is 4. The minimum Gasteiger partial charge on any atom is -0.496 e. The molecular formula is C19H22N2O6. The number of carbonyl (C=O) groups excluding carboxylic acids is 1. The molecule has 144 valence electrons. The van der Waals surface area contributed by atoms with Gasteiger partial charge in [-0.25, -0.2) is 5.43 Å². The number of hydrogen-bond donors (Lipinski definition) is 1. The van der Waals surface area contributed by atoms with E-state index in [-0.39, 0.29) is 6.61 Å². The first kappa shape index (κ1) is 19.9. The standard InChI is InChI=1S/C19H22N2O6/c1-23-13-9-17(25-3)14(18(10-13)26-4)11-20-21-19(22)12-27-16-8-6-5-7-15(16)24-2/h5-11H,12H2,1-4H3,(H,21,22)/b20-11+. The van der Waals surface area contributed by atoms with Crippen LogP contribution >= 0.6 is 0 Å². The van der Waals surface area contributed by atoms with Crippen molar-refractivity contribution in [3.63, 3.8) is 0 Å². The fraction of sp³-hybridized carbons (Fsp3) is 0.263. The predicted octanol–water partition coefficient (Wildman–Crippen LogP) is 2.25. The Morgan fingerprint density at radius 3 is 2.07 bits per heavy atom. The highest BCUT2D eigenvalue weighted by atomic mass is 16.5. The maximum absolute atomic E-state index is 11.9. The molecule has 0 bridgehead atoms. The zero-order valence-corrected chi connectivity index (χ0v) is 15.6. The molecule has 0 atom stereocenters. The molecule has 0 aliphatic heterocycles. The molecule has 0 aliphatic carbocycles. The molecule has 27 heavy (non-hydrogen) atoms. The van der Waals surface area contributed by atoms with Crippen molar-refractivity contribution in [3.8, 4) is 28.7 Å². The van der Waals surface area contributed by atoms with Crippen molar-refractivity contribution < 1.29 is 28.5 Å². The van der Waals surface area contributed by atoms with Crippen molar-refractivity contribution in [2.24, 2.45) is 5.10 Å². The van der Waals surface area contributed by atoms with Crippen molar-refractivity contribution in [2.45, 2.75) is 0 Å². The van der Waals surface area contributed by atoms with Crippen LogP contribution in [0.1, 0.15) is 5.56 Å². The zero-order valence-electron chi connectivity index (χ0n) is 15.6. The number of ether oxygens (including phenoxy) is 5. The van der Waals surface area contributed by atoms with Gasteiger partial charge in [0.25, 0.3) is 5.91 Å². The number of benzene rings is 2. The molecular weight excluding hydrogens is 352 g/mol. The molecule has 1 N–H and O–H groups in total. The van der Waals surface area contributed by atoms with E-state index < -0.39 is 5.91 Å². The number of hydrazone groups is 1. The monoisotopic (exact) mass is 374 g/mol. The average Bonchev–Trinajstić information content (AvgIpc) is 2.72. The first-order chi connectivity index (χ1) is 13.1. The molecule has 0 radical (unpaired) electrons. The zero-order chi connectivity index (χ0) is 19.6. The molecule has 0 unspecified atom stereocenters. The summed E-state index contributed by atoms with van der Waals surface area (Å²) in [5.74, 6) is 2.15. The largest absolute Gasteiger partial charge is 0.496 e. The molecule has 0 heterocycles. The quantitative estimate of drug-likeness (QED) is 0.535. The Labute approximate surface area is 157 Å². The number of nitrogens with one attached hydrogen (secondary N) is 1. The molecule has 0 spiro atoms. The highest BCUT2D eigenvalue weighted by Gasteiger charge is 2.12.